The summed E-state index contributed by atoms with van der Waals surface area (Å²) in [7, 11) is 0. The number of carboxylic acids is 1. The molecule has 0 bridgehead atoms. The normalized spacial score (nSPS) is 9.55. The Morgan fingerprint density at radius 3 is 2.18 bits per heavy atom. The molecular weight excluding hydrogens is 260 g/mol. The number of hydrogen-bond acceptors (Lipinski definition) is 2. The van der Waals surface area contributed by atoms with Crippen LogP contribution in [-0.2, 0) is 0 Å². The molecule has 1 aromatic rings. The van der Waals surface area contributed by atoms with E-state index in [2.05, 4.69) is 0 Å². The van der Waals surface area contributed by atoms with Gasteiger partial charge in [0.2, 0.25) is 0 Å². The third-order valence-electron chi connectivity index (χ3n) is 1.16. The first-order valence-electron chi connectivity index (χ1n) is 2.95. The fourth-order valence-electron chi connectivity index (χ4n) is 0.642. The fourth-order valence-corrected chi connectivity index (χ4v) is 2.75. The van der Waals surface area contributed by atoms with E-state index in [0.29, 0.717) is 7.16 Å². The molecule has 1 rings (SSSR count). The Balaban J connectivity index is 2.99. The second-order valence-corrected chi connectivity index (χ2v) is 5.12. The summed E-state index contributed by atoms with van der Waals surface area (Å²) in [6, 6.07) is 3.15. The zero-order valence-electron chi connectivity index (χ0n) is 5.83. The topological polar surface area (TPSA) is 54.4 Å². The average Bonchev–Trinajstić information content (AvgIpc) is 2.33. The second kappa shape index (κ2) is 3.20. The first kappa shape index (κ1) is 8.51. The van der Waals surface area contributed by atoms with Crippen LogP contribution >= 0.6 is 0 Å². The van der Waals surface area contributed by atoms with Crippen molar-refractivity contribution in [2.24, 2.45) is 0 Å². The molecule has 0 radical (unpaired) electrons. The quantitative estimate of drug-likeness (QED) is 0.631. The van der Waals surface area contributed by atoms with Gasteiger partial charge < -0.3 is 0 Å². The van der Waals surface area contributed by atoms with Crippen molar-refractivity contribution in [2.45, 2.75) is 6.92 Å². The van der Waals surface area contributed by atoms with Gasteiger partial charge in [-0.2, -0.15) is 0 Å². The van der Waals surface area contributed by atoms with Gasteiger partial charge in [-0.1, -0.05) is 0 Å². The van der Waals surface area contributed by atoms with Gasteiger partial charge in [-0.15, -0.1) is 0 Å². The minimum atomic E-state index is -0.889. The van der Waals surface area contributed by atoms with Gasteiger partial charge in [-0.25, -0.2) is 0 Å². The summed E-state index contributed by atoms with van der Waals surface area (Å²) in [5, 5.41) is 8.53. The van der Waals surface area contributed by atoms with E-state index in [1.54, 1.807) is 6.07 Å². The van der Waals surface area contributed by atoms with Crippen molar-refractivity contribution in [3.63, 3.8) is 0 Å². The molecule has 58 valence electrons. The van der Waals surface area contributed by atoms with Crippen LogP contribution in [0.4, 0.5) is 0 Å². The summed E-state index contributed by atoms with van der Waals surface area (Å²) in [4.78, 5) is 21.1. The summed E-state index contributed by atoms with van der Waals surface area (Å²) in [6.07, 6.45) is 0. The number of Topliss-reactive ketones (excluding diaryl/α,β-unsaturated/α-hetero) is 1. The molecular formula is C7H6O3Te. The van der Waals surface area contributed by atoms with Crippen LogP contribution in [0.5, 0.6) is 0 Å². The van der Waals surface area contributed by atoms with Crippen LogP contribution in [-0.4, -0.2) is 37.3 Å². The Hall–Kier alpha value is -0.590. The number of hydrogen-bond donors (Lipinski definition) is 1. The van der Waals surface area contributed by atoms with Gasteiger partial charge in [0, 0.05) is 0 Å². The summed E-state index contributed by atoms with van der Waals surface area (Å²) in [5.41, 5.74) is 0. The Labute approximate surface area is 73.3 Å². The number of ketones is 1. The number of carbonyl (C=O) groups is 2. The number of carboxylic acid groups (broad SMARTS) is 1. The fraction of sp³-hybridized carbons (Fsp3) is 0.143. The van der Waals surface area contributed by atoms with E-state index in [0.717, 1.165) is 0 Å². The van der Waals surface area contributed by atoms with Crippen LogP contribution < -0.4 is 0 Å². The molecule has 0 saturated heterocycles. The van der Waals surface area contributed by atoms with Crippen molar-refractivity contribution in [3.8, 4) is 0 Å². The van der Waals surface area contributed by atoms with E-state index in [-0.39, 0.29) is 5.78 Å². The second-order valence-electron chi connectivity index (χ2n) is 2.03. The summed E-state index contributed by atoms with van der Waals surface area (Å²) >= 11 is -0.873. The zero-order chi connectivity index (χ0) is 8.43. The standard InChI is InChI=1S/C7H6O3Te/c1-4(8)5-2-3-6(11-5)7(9)10/h2-3H,1H3,(H,9,10). The SMILES string of the molecule is CC(=O)c1ccc(C(=O)O)[te]1. The monoisotopic (exact) mass is 268 g/mol. The van der Waals surface area contributed by atoms with Gasteiger partial charge in [0.1, 0.15) is 0 Å². The number of rotatable bonds is 2. The van der Waals surface area contributed by atoms with Crippen LogP contribution in [0.15, 0.2) is 12.1 Å². The summed E-state index contributed by atoms with van der Waals surface area (Å²) in [5.74, 6) is -0.889. The Kier molecular flexibility index (Phi) is 2.48. The first-order chi connectivity index (χ1) is 5.11. The van der Waals surface area contributed by atoms with Gasteiger partial charge in [0.25, 0.3) is 0 Å². The molecule has 4 heteroatoms. The first-order valence-corrected chi connectivity index (χ1v) is 5.28. The van der Waals surface area contributed by atoms with E-state index in [1.165, 1.54) is 13.0 Å². The third-order valence-corrected chi connectivity index (χ3v) is 4.51. The molecule has 0 spiro atoms. The zero-order valence-corrected chi connectivity index (χ0v) is 8.16. The molecule has 0 aliphatic heterocycles. The van der Waals surface area contributed by atoms with Gasteiger partial charge in [-0.3, -0.25) is 0 Å². The van der Waals surface area contributed by atoms with Crippen molar-refractivity contribution in [3.05, 3.63) is 19.3 Å². The van der Waals surface area contributed by atoms with Gasteiger partial charge in [0.15, 0.2) is 0 Å². The predicted molar refractivity (Wildman–Crippen MR) is 40.3 cm³/mol. The van der Waals surface area contributed by atoms with E-state index in [4.69, 9.17) is 5.11 Å². The van der Waals surface area contributed by atoms with Crippen LogP contribution in [0.25, 0.3) is 0 Å². The molecule has 0 aliphatic rings. The molecule has 3 nitrogen and oxygen atoms in total. The maximum absolute atomic E-state index is 10.8. The molecule has 0 atom stereocenters. The molecule has 1 N–H and O–H groups in total. The Morgan fingerprint density at radius 2 is 1.91 bits per heavy atom. The van der Waals surface area contributed by atoms with Crippen molar-refractivity contribution in [1.29, 1.82) is 0 Å². The van der Waals surface area contributed by atoms with Crippen molar-refractivity contribution < 1.29 is 14.7 Å². The van der Waals surface area contributed by atoms with Gasteiger partial charge in [-0.05, 0) is 0 Å². The van der Waals surface area contributed by atoms with Crippen molar-refractivity contribution in [2.75, 3.05) is 0 Å². The summed E-state index contributed by atoms with van der Waals surface area (Å²) < 4.78 is 1.12. The van der Waals surface area contributed by atoms with E-state index in [1.807, 2.05) is 0 Å². The molecule has 0 saturated carbocycles. The maximum atomic E-state index is 10.8. The average molecular weight is 266 g/mol. The van der Waals surface area contributed by atoms with Crippen LogP contribution in [0.3, 0.4) is 0 Å². The molecule has 0 aliphatic carbocycles. The van der Waals surface area contributed by atoms with Gasteiger partial charge >= 0.3 is 73.1 Å². The molecule has 11 heavy (non-hydrogen) atoms. The Morgan fingerprint density at radius 1 is 1.36 bits per heavy atom. The Bertz CT molecular complexity index is 272. The van der Waals surface area contributed by atoms with E-state index < -0.39 is 26.4 Å². The summed E-state index contributed by atoms with van der Waals surface area (Å²) in [6.45, 7) is 1.47. The minimum absolute atomic E-state index is 0.0000926. The number of aromatic carboxylic acids is 1. The molecule has 1 aromatic heterocycles. The molecule has 0 aromatic carbocycles. The number of carbonyl (C=O) groups excluding carboxylic acids is 1. The predicted octanol–water partition coefficient (Wildman–Crippen LogP) is 0.644. The van der Waals surface area contributed by atoms with Crippen LogP contribution in [0.2, 0.25) is 0 Å². The molecule has 1 heterocycles. The van der Waals surface area contributed by atoms with Crippen molar-refractivity contribution >= 4 is 32.2 Å². The molecule has 0 fully saturated rings. The molecule has 0 unspecified atom stereocenters. The van der Waals surface area contributed by atoms with Gasteiger partial charge in [0.05, 0.1) is 0 Å². The van der Waals surface area contributed by atoms with Crippen LogP contribution in [0, 0.1) is 0 Å². The van der Waals surface area contributed by atoms with Crippen molar-refractivity contribution in [1.82, 2.24) is 0 Å². The van der Waals surface area contributed by atoms with Crippen LogP contribution in [0.1, 0.15) is 23.7 Å². The van der Waals surface area contributed by atoms with E-state index in [9.17, 15) is 9.59 Å². The third kappa shape index (κ3) is 1.92. The van der Waals surface area contributed by atoms with E-state index >= 15 is 0 Å². The molecule has 0 amide bonds.